The molecule has 13 heavy (non-hydrogen) atoms. The molecule has 0 aromatic heterocycles. The van der Waals surface area contributed by atoms with E-state index in [0.29, 0.717) is 0 Å². The van der Waals surface area contributed by atoms with Gasteiger partial charge in [-0.3, -0.25) is 0 Å². The zero-order valence-electron chi connectivity index (χ0n) is 7.59. The van der Waals surface area contributed by atoms with Gasteiger partial charge in [-0.05, 0) is 28.7 Å². The maximum absolute atomic E-state index is 4.03. The van der Waals surface area contributed by atoms with Gasteiger partial charge in [-0.15, -0.1) is 0 Å². The van der Waals surface area contributed by atoms with Crippen molar-refractivity contribution >= 4 is 11.6 Å². The number of fused-ring (bicyclic) bond motifs is 1. The fourth-order valence-corrected chi connectivity index (χ4v) is 1.76. The quantitative estimate of drug-likeness (QED) is 0.602. The molecule has 0 unspecified atom stereocenters. The van der Waals surface area contributed by atoms with Crippen molar-refractivity contribution in [2.45, 2.75) is 6.42 Å². The van der Waals surface area contributed by atoms with Crippen molar-refractivity contribution in [1.82, 2.24) is 0 Å². The summed E-state index contributed by atoms with van der Waals surface area (Å²) in [6.07, 6.45) is 7.13. The van der Waals surface area contributed by atoms with Crippen molar-refractivity contribution in [3.63, 3.8) is 0 Å². The second kappa shape index (κ2) is 3.06. The smallest absolute Gasteiger partial charge is 0.00824 e. The fraction of sp³-hybridized carbons (Fsp3) is 0.0769. The van der Waals surface area contributed by atoms with E-state index < -0.39 is 0 Å². The summed E-state index contributed by atoms with van der Waals surface area (Å²) in [5.41, 5.74) is 4.90. The summed E-state index contributed by atoms with van der Waals surface area (Å²) in [6, 6.07) is 6.30. The van der Waals surface area contributed by atoms with E-state index in [1.165, 1.54) is 16.7 Å². The predicted octanol–water partition coefficient (Wildman–Crippen LogP) is 3.46. The van der Waals surface area contributed by atoms with E-state index in [-0.39, 0.29) is 0 Å². The van der Waals surface area contributed by atoms with Crippen LogP contribution in [0.4, 0.5) is 0 Å². The molecular weight excluding hydrogens is 156 g/mol. The molecule has 0 heteroatoms. The maximum Gasteiger partial charge on any atom is -0.00824 e. The molecule has 0 atom stereocenters. The Hall–Kier alpha value is -1.56. The van der Waals surface area contributed by atoms with E-state index in [9.17, 15) is 0 Å². The summed E-state index contributed by atoms with van der Waals surface area (Å²) in [6.45, 7) is 7.84. The van der Waals surface area contributed by atoms with Crippen molar-refractivity contribution in [3.05, 3.63) is 60.2 Å². The lowest BCUT2D eigenvalue weighted by atomic mass is 9.89. The van der Waals surface area contributed by atoms with E-state index in [4.69, 9.17) is 0 Å². The van der Waals surface area contributed by atoms with E-state index in [0.717, 1.165) is 12.0 Å². The topological polar surface area (TPSA) is 0 Å². The van der Waals surface area contributed by atoms with Crippen LogP contribution in [0.3, 0.4) is 0 Å². The highest BCUT2D eigenvalue weighted by Gasteiger charge is 2.09. The Balaban J connectivity index is 2.67. The number of benzene rings is 1. The molecule has 0 nitrogen and oxygen atoms in total. The highest BCUT2D eigenvalue weighted by atomic mass is 14.1. The van der Waals surface area contributed by atoms with Gasteiger partial charge in [-0.1, -0.05) is 49.6 Å². The van der Waals surface area contributed by atoms with Gasteiger partial charge >= 0.3 is 0 Å². The van der Waals surface area contributed by atoms with Gasteiger partial charge in [-0.25, -0.2) is 0 Å². The average Bonchev–Trinajstić information content (AvgIpc) is 2.17. The molecule has 0 saturated carbocycles. The lowest BCUT2D eigenvalue weighted by Crippen LogP contribution is -1.98. The van der Waals surface area contributed by atoms with Gasteiger partial charge in [0.1, 0.15) is 0 Å². The zero-order valence-corrected chi connectivity index (χ0v) is 7.59. The molecule has 2 rings (SSSR count). The predicted molar refractivity (Wildman–Crippen MR) is 58.4 cm³/mol. The maximum atomic E-state index is 4.03. The number of hydrogen-bond acceptors (Lipinski definition) is 0. The molecule has 1 aromatic rings. The summed E-state index contributed by atoms with van der Waals surface area (Å²) in [5.74, 6) is 0. The minimum Gasteiger partial charge on any atom is -0.0984 e. The van der Waals surface area contributed by atoms with E-state index in [1.54, 1.807) is 0 Å². The SMILES string of the molecule is C=Cc1cccc2c1C(=C)C=CC2. The van der Waals surface area contributed by atoms with Gasteiger partial charge in [0, 0.05) is 0 Å². The number of hydrogen-bond donors (Lipinski definition) is 0. The lowest BCUT2D eigenvalue weighted by Gasteiger charge is -2.15. The second-order valence-electron chi connectivity index (χ2n) is 3.22. The summed E-state index contributed by atoms with van der Waals surface area (Å²) in [7, 11) is 0. The van der Waals surface area contributed by atoms with Crippen LogP contribution in [-0.4, -0.2) is 0 Å². The number of allylic oxidation sites excluding steroid dienone is 3. The van der Waals surface area contributed by atoms with E-state index in [1.807, 2.05) is 6.08 Å². The summed E-state index contributed by atoms with van der Waals surface area (Å²) in [4.78, 5) is 0. The standard InChI is InChI=1S/C13H12/c1-3-11-7-5-9-12-8-4-6-10(2)13(11)12/h3-7,9H,1-2,8H2. The Bertz CT molecular complexity index is 394. The molecule has 0 N–H and O–H groups in total. The molecule has 0 heterocycles. The first kappa shape index (κ1) is 8.06. The molecule has 0 fully saturated rings. The van der Waals surface area contributed by atoms with Crippen molar-refractivity contribution in [3.8, 4) is 0 Å². The van der Waals surface area contributed by atoms with Gasteiger partial charge in [0.15, 0.2) is 0 Å². The van der Waals surface area contributed by atoms with Crippen LogP contribution in [0.1, 0.15) is 16.7 Å². The van der Waals surface area contributed by atoms with Crippen LogP contribution in [0.25, 0.3) is 11.6 Å². The van der Waals surface area contributed by atoms with Crippen molar-refractivity contribution in [2.75, 3.05) is 0 Å². The first-order valence-electron chi connectivity index (χ1n) is 4.43. The third kappa shape index (κ3) is 1.25. The molecule has 0 bridgehead atoms. The van der Waals surface area contributed by atoms with Crippen molar-refractivity contribution < 1.29 is 0 Å². The third-order valence-electron chi connectivity index (χ3n) is 2.38. The fourth-order valence-electron chi connectivity index (χ4n) is 1.76. The average molecular weight is 168 g/mol. The van der Waals surface area contributed by atoms with Gasteiger partial charge < -0.3 is 0 Å². The Morgan fingerprint density at radius 1 is 1.31 bits per heavy atom. The van der Waals surface area contributed by atoms with Crippen LogP contribution < -0.4 is 0 Å². The van der Waals surface area contributed by atoms with Crippen molar-refractivity contribution in [2.24, 2.45) is 0 Å². The Morgan fingerprint density at radius 2 is 2.15 bits per heavy atom. The zero-order chi connectivity index (χ0) is 9.26. The van der Waals surface area contributed by atoms with Gasteiger partial charge in [0.05, 0.1) is 0 Å². The molecule has 0 amide bonds. The van der Waals surface area contributed by atoms with Gasteiger partial charge in [-0.2, -0.15) is 0 Å². The van der Waals surface area contributed by atoms with E-state index >= 15 is 0 Å². The Labute approximate surface area is 78.9 Å². The van der Waals surface area contributed by atoms with Crippen LogP contribution in [0.15, 0.2) is 43.5 Å². The van der Waals surface area contributed by atoms with Gasteiger partial charge in [0.2, 0.25) is 0 Å². The molecule has 1 aromatic carbocycles. The first-order valence-corrected chi connectivity index (χ1v) is 4.43. The highest BCUT2D eigenvalue weighted by molar-refractivity contribution is 5.82. The number of rotatable bonds is 1. The molecule has 0 saturated heterocycles. The van der Waals surface area contributed by atoms with Crippen LogP contribution in [0.5, 0.6) is 0 Å². The highest BCUT2D eigenvalue weighted by Crippen LogP contribution is 2.28. The van der Waals surface area contributed by atoms with Crippen LogP contribution in [0, 0.1) is 0 Å². The monoisotopic (exact) mass is 168 g/mol. The Morgan fingerprint density at radius 3 is 2.92 bits per heavy atom. The molecule has 0 spiro atoms. The molecule has 64 valence electrons. The molecule has 0 radical (unpaired) electrons. The second-order valence-corrected chi connectivity index (χ2v) is 3.22. The normalized spacial score (nSPS) is 14.0. The summed E-state index contributed by atoms with van der Waals surface area (Å²) < 4.78 is 0. The minimum absolute atomic E-state index is 1.01. The van der Waals surface area contributed by atoms with Crippen LogP contribution in [0.2, 0.25) is 0 Å². The summed E-state index contributed by atoms with van der Waals surface area (Å²) >= 11 is 0. The third-order valence-corrected chi connectivity index (χ3v) is 2.38. The largest absolute Gasteiger partial charge is 0.0984 e. The summed E-state index contributed by atoms with van der Waals surface area (Å²) in [5, 5.41) is 0. The first-order chi connectivity index (χ1) is 6.33. The molecule has 1 aliphatic carbocycles. The van der Waals surface area contributed by atoms with Crippen LogP contribution >= 0.6 is 0 Å². The molecule has 1 aliphatic rings. The molecular formula is C13H12. The lowest BCUT2D eigenvalue weighted by molar-refractivity contribution is 1.23. The van der Waals surface area contributed by atoms with Crippen LogP contribution in [-0.2, 0) is 6.42 Å². The van der Waals surface area contributed by atoms with Crippen molar-refractivity contribution in [1.29, 1.82) is 0 Å². The molecule has 0 aliphatic heterocycles. The van der Waals surface area contributed by atoms with E-state index in [2.05, 4.69) is 43.5 Å². The minimum atomic E-state index is 1.01. The van der Waals surface area contributed by atoms with Gasteiger partial charge in [0.25, 0.3) is 0 Å². The Kier molecular flexibility index (Phi) is 1.90.